The van der Waals surface area contributed by atoms with E-state index in [2.05, 4.69) is 0 Å². The van der Waals surface area contributed by atoms with Crippen LogP contribution in [0.25, 0.3) is 0 Å². The second-order valence-electron chi connectivity index (χ2n) is 9.57. The molecule has 5 rings (SSSR count). The van der Waals surface area contributed by atoms with Gasteiger partial charge in [0.05, 0.1) is 12.2 Å². The highest BCUT2D eigenvalue weighted by Crippen LogP contribution is 2.39. The average Bonchev–Trinajstić information content (AvgIpc) is 3.09. The molecule has 5 nitrogen and oxygen atoms in total. The third-order valence-electron chi connectivity index (χ3n) is 7.22. The number of benzene rings is 3. The van der Waals surface area contributed by atoms with E-state index in [1.165, 1.54) is 48.5 Å². The molecule has 3 aromatic rings. The molecular weight excluding hydrogens is 479 g/mol. The van der Waals surface area contributed by atoms with Crippen LogP contribution < -0.4 is 4.90 Å². The van der Waals surface area contributed by atoms with Crippen molar-refractivity contribution in [3.63, 3.8) is 0 Å². The number of piperazine rings is 1. The van der Waals surface area contributed by atoms with Gasteiger partial charge in [0.1, 0.15) is 17.5 Å². The third kappa shape index (κ3) is 5.54. The molecule has 0 spiro atoms. The van der Waals surface area contributed by atoms with E-state index in [9.17, 15) is 22.8 Å². The summed E-state index contributed by atoms with van der Waals surface area (Å²) in [7, 11) is 0. The molecule has 1 fully saturated rings. The first-order chi connectivity index (χ1) is 17.9. The first-order valence-corrected chi connectivity index (χ1v) is 12.5. The minimum atomic E-state index is -0.413. The fourth-order valence-corrected chi connectivity index (χ4v) is 5.24. The van der Waals surface area contributed by atoms with Crippen molar-refractivity contribution in [1.29, 1.82) is 0 Å². The van der Waals surface area contributed by atoms with E-state index >= 15 is 0 Å². The van der Waals surface area contributed by atoms with Gasteiger partial charge in [-0.2, -0.15) is 0 Å². The molecule has 1 unspecified atom stereocenters. The number of anilines is 1. The average molecular weight is 508 g/mol. The van der Waals surface area contributed by atoms with Crippen LogP contribution in [0.3, 0.4) is 0 Å². The van der Waals surface area contributed by atoms with Gasteiger partial charge in [-0.3, -0.25) is 14.5 Å². The number of rotatable bonds is 4. The topological polar surface area (TPSA) is 43.9 Å². The quantitative estimate of drug-likeness (QED) is 0.509. The molecule has 0 radical (unpaired) electrons. The van der Waals surface area contributed by atoms with Crippen LogP contribution in [-0.2, 0) is 4.79 Å². The van der Waals surface area contributed by atoms with E-state index < -0.39 is 5.82 Å². The number of amides is 2. The van der Waals surface area contributed by atoms with Crippen molar-refractivity contribution in [1.82, 2.24) is 9.80 Å². The van der Waals surface area contributed by atoms with E-state index in [4.69, 9.17) is 0 Å². The molecule has 37 heavy (non-hydrogen) atoms. The summed E-state index contributed by atoms with van der Waals surface area (Å²) >= 11 is 0. The van der Waals surface area contributed by atoms with Gasteiger partial charge in [0.25, 0.3) is 5.91 Å². The summed E-state index contributed by atoms with van der Waals surface area (Å²) < 4.78 is 41.0. The number of carbonyl (C=O) groups excluding carboxylic acids is 2. The molecule has 0 aliphatic carbocycles. The molecular formula is C29H28F3N3O2. The lowest BCUT2D eigenvalue weighted by atomic mass is 9.87. The Morgan fingerprint density at radius 1 is 0.757 bits per heavy atom. The third-order valence-corrected chi connectivity index (χ3v) is 7.22. The van der Waals surface area contributed by atoms with Gasteiger partial charge < -0.3 is 9.80 Å². The molecule has 2 amide bonds. The van der Waals surface area contributed by atoms with Gasteiger partial charge in [-0.15, -0.1) is 0 Å². The second-order valence-corrected chi connectivity index (χ2v) is 9.57. The van der Waals surface area contributed by atoms with Crippen LogP contribution >= 0.6 is 0 Å². The van der Waals surface area contributed by atoms with Gasteiger partial charge in [-0.25, -0.2) is 13.2 Å². The summed E-state index contributed by atoms with van der Waals surface area (Å²) in [5.74, 6) is -1.45. The molecule has 1 atom stereocenters. The Labute approximate surface area is 214 Å². The highest BCUT2D eigenvalue weighted by molar-refractivity contribution is 5.96. The predicted molar refractivity (Wildman–Crippen MR) is 135 cm³/mol. The van der Waals surface area contributed by atoms with Gasteiger partial charge in [-0.05, 0) is 72.5 Å². The predicted octanol–water partition coefficient (Wildman–Crippen LogP) is 4.82. The van der Waals surface area contributed by atoms with Crippen LogP contribution in [0.1, 0.15) is 40.2 Å². The summed E-state index contributed by atoms with van der Waals surface area (Å²) in [5.41, 5.74) is 2.78. The summed E-state index contributed by atoms with van der Waals surface area (Å²) in [6.45, 7) is 2.61. The van der Waals surface area contributed by atoms with Crippen molar-refractivity contribution in [2.45, 2.75) is 18.8 Å². The zero-order valence-corrected chi connectivity index (χ0v) is 20.4. The van der Waals surface area contributed by atoms with Crippen LogP contribution in [0.2, 0.25) is 0 Å². The molecule has 0 aromatic heterocycles. The Kier molecular flexibility index (Phi) is 7.28. The molecule has 2 aliphatic heterocycles. The highest BCUT2D eigenvalue weighted by atomic mass is 19.1. The van der Waals surface area contributed by atoms with Crippen LogP contribution in [-0.4, -0.2) is 60.9 Å². The van der Waals surface area contributed by atoms with Crippen molar-refractivity contribution in [3.05, 3.63) is 101 Å². The van der Waals surface area contributed by atoms with Gasteiger partial charge in [0.15, 0.2) is 0 Å². The molecule has 8 heteroatoms. The van der Waals surface area contributed by atoms with Crippen LogP contribution in [0.4, 0.5) is 18.9 Å². The van der Waals surface area contributed by atoms with Crippen molar-refractivity contribution < 1.29 is 22.8 Å². The van der Waals surface area contributed by atoms with Crippen LogP contribution in [0, 0.1) is 17.5 Å². The van der Waals surface area contributed by atoms with E-state index in [1.54, 1.807) is 28.0 Å². The number of halogens is 3. The first-order valence-electron chi connectivity index (χ1n) is 12.5. The standard InChI is InChI=1S/C29H28F3N3O2/c30-22-7-3-20(4-8-22)25-2-1-13-35(27-18-24(32)11-12-26(25)27)28(36)19-33-14-16-34(17-15-33)29(37)21-5-9-23(31)10-6-21/h3-12,18,25H,1-2,13-17,19H2. The zero-order chi connectivity index (χ0) is 25.9. The number of nitrogens with zero attached hydrogens (tertiary/aromatic N) is 3. The SMILES string of the molecule is O=C(c1ccc(F)cc1)N1CCN(CC(=O)N2CCCC(c3ccc(F)cc3)c3ccc(F)cc32)CC1. The lowest BCUT2D eigenvalue weighted by molar-refractivity contribution is -0.120. The van der Waals surface area contributed by atoms with Crippen LogP contribution in [0.15, 0.2) is 66.7 Å². The summed E-state index contributed by atoms with van der Waals surface area (Å²) in [4.78, 5) is 31.5. The van der Waals surface area contributed by atoms with Crippen molar-refractivity contribution in [3.8, 4) is 0 Å². The summed E-state index contributed by atoms with van der Waals surface area (Å²) in [6.07, 6.45) is 1.49. The Balaban J connectivity index is 1.27. The fraction of sp³-hybridized carbons (Fsp3) is 0.310. The zero-order valence-electron chi connectivity index (χ0n) is 20.4. The Morgan fingerprint density at radius 2 is 1.38 bits per heavy atom. The lowest BCUT2D eigenvalue weighted by Crippen LogP contribution is -2.51. The maximum Gasteiger partial charge on any atom is 0.253 e. The van der Waals surface area contributed by atoms with Gasteiger partial charge >= 0.3 is 0 Å². The number of carbonyl (C=O) groups is 2. The van der Waals surface area contributed by atoms with Crippen molar-refractivity contribution in [2.75, 3.05) is 44.2 Å². The summed E-state index contributed by atoms with van der Waals surface area (Å²) in [6, 6.07) is 16.4. The molecule has 2 heterocycles. The van der Waals surface area contributed by atoms with E-state index in [0.717, 1.165) is 24.0 Å². The maximum atomic E-state index is 14.3. The van der Waals surface area contributed by atoms with Crippen molar-refractivity contribution >= 4 is 17.5 Å². The Bertz CT molecular complexity index is 1270. The van der Waals surface area contributed by atoms with E-state index in [0.29, 0.717) is 44.0 Å². The minimum Gasteiger partial charge on any atom is -0.336 e. The van der Waals surface area contributed by atoms with E-state index in [-0.39, 0.29) is 35.9 Å². The normalized spacial score (nSPS) is 18.3. The number of hydrogen-bond donors (Lipinski definition) is 0. The summed E-state index contributed by atoms with van der Waals surface area (Å²) in [5, 5.41) is 0. The molecule has 2 aliphatic rings. The lowest BCUT2D eigenvalue weighted by Gasteiger charge is -2.35. The monoisotopic (exact) mass is 507 g/mol. The largest absolute Gasteiger partial charge is 0.336 e. The Hall–Kier alpha value is -3.65. The van der Waals surface area contributed by atoms with Crippen LogP contribution in [0.5, 0.6) is 0 Å². The first kappa shape index (κ1) is 25.0. The maximum absolute atomic E-state index is 14.3. The van der Waals surface area contributed by atoms with Gasteiger partial charge in [0.2, 0.25) is 5.91 Å². The molecule has 0 bridgehead atoms. The minimum absolute atomic E-state index is 0.0602. The molecule has 192 valence electrons. The Morgan fingerprint density at radius 3 is 2.05 bits per heavy atom. The van der Waals surface area contributed by atoms with Crippen molar-refractivity contribution in [2.24, 2.45) is 0 Å². The molecule has 1 saturated heterocycles. The molecule has 0 saturated carbocycles. The fourth-order valence-electron chi connectivity index (χ4n) is 5.24. The van der Waals surface area contributed by atoms with E-state index in [1.807, 2.05) is 4.90 Å². The second kappa shape index (κ2) is 10.8. The number of fused-ring (bicyclic) bond motifs is 1. The van der Waals surface area contributed by atoms with Gasteiger partial charge in [-0.1, -0.05) is 18.2 Å². The smallest absolute Gasteiger partial charge is 0.253 e. The highest BCUT2D eigenvalue weighted by Gasteiger charge is 2.30. The number of hydrogen-bond acceptors (Lipinski definition) is 3. The molecule has 3 aromatic carbocycles. The van der Waals surface area contributed by atoms with Gasteiger partial charge in [0, 0.05) is 44.2 Å². The molecule has 0 N–H and O–H groups in total.